The van der Waals surface area contributed by atoms with Gasteiger partial charge in [0.15, 0.2) is 6.04 Å². The zero-order chi connectivity index (χ0) is 23.6. The Hall–Kier alpha value is -1.12. The molecule has 3 aliphatic carbocycles. The van der Waals surface area contributed by atoms with Gasteiger partial charge in [0, 0.05) is 18.8 Å². The smallest absolute Gasteiger partial charge is 0.462 e. The average molecular weight is 492 g/mol. The molecule has 8 heteroatoms. The number of rotatable bonds is 11. The predicted octanol–water partition coefficient (Wildman–Crippen LogP) is -0.423. The quantitative estimate of drug-likeness (QED) is 0.289. The number of quaternary nitrogens is 1. The lowest BCUT2D eigenvalue weighted by Gasteiger charge is -2.64. The lowest BCUT2D eigenvalue weighted by Crippen LogP contribution is -3.00. The summed E-state index contributed by atoms with van der Waals surface area (Å²) in [6.45, 7) is 8.24. The first-order valence-electron chi connectivity index (χ1n) is 12.9. The molecule has 3 saturated carbocycles. The van der Waals surface area contributed by atoms with Crippen molar-refractivity contribution in [3.05, 3.63) is 35.9 Å². The van der Waals surface area contributed by atoms with Crippen LogP contribution in [0.1, 0.15) is 64.9 Å². The molecule has 0 spiro atoms. The Morgan fingerprint density at radius 1 is 1.21 bits per heavy atom. The molecule has 0 radical (unpaired) electrons. The molecule has 1 amide bonds. The van der Waals surface area contributed by atoms with Gasteiger partial charge in [0.05, 0.1) is 11.7 Å². The van der Waals surface area contributed by atoms with Crippen LogP contribution in [0, 0.1) is 17.3 Å². The fourth-order valence-corrected chi connectivity index (χ4v) is 6.47. The van der Waals surface area contributed by atoms with E-state index in [4.69, 9.17) is 15.0 Å². The minimum Gasteiger partial charge on any atom is -1.00 e. The Morgan fingerprint density at radius 3 is 2.62 bits per heavy atom. The van der Waals surface area contributed by atoms with E-state index >= 15 is 0 Å². The van der Waals surface area contributed by atoms with Gasteiger partial charge in [-0.25, -0.2) is 0 Å². The SMILES string of the molecule is CC1(C)[C@H]2C[C@@H]3OB(C(CCc4ccccc4)CNC(=O)[C@H]([NH3+])CCCCN)O[C@]3(C)[C@@H]1C2.[Cl-]. The van der Waals surface area contributed by atoms with E-state index in [1.165, 1.54) is 12.0 Å². The number of hydrogen-bond donors (Lipinski definition) is 3. The minimum atomic E-state index is -0.278. The third-order valence-electron chi connectivity index (χ3n) is 8.92. The Morgan fingerprint density at radius 2 is 1.94 bits per heavy atom. The molecule has 1 heterocycles. The predicted molar refractivity (Wildman–Crippen MR) is 131 cm³/mol. The summed E-state index contributed by atoms with van der Waals surface area (Å²) in [5, 5.41) is 3.16. The van der Waals surface area contributed by atoms with Crippen molar-refractivity contribution in [2.24, 2.45) is 23.0 Å². The van der Waals surface area contributed by atoms with Crippen LogP contribution in [-0.4, -0.2) is 43.9 Å². The molecular weight excluding hydrogens is 449 g/mol. The number of aryl methyl sites for hydroxylation is 1. The van der Waals surface area contributed by atoms with Crippen LogP contribution in [0.25, 0.3) is 0 Å². The number of amides is 1. The van der Waals surface area contributed by atoms with E-state index in [0.717, 1.165) is 44.4 Å². The minimum absolute atomic E-state index is 0. The lowest BCUT2D eigenvalue weighted by molar-refractivity contribution is -0.405. The fourth-order valence-electron chi connectivity index (χ4n) is 6.47. The number of carbonyl (C=O) groups is 1. The molecule has 1 aliphatic heterocycles. The first-order valence-corrected chi connectivity index (χ1v) is 12.9. The van der Waals surface area contributed by atoms with Crippen LogP contribution in [0.3, 0.4) is 0 Å². The molecule has 6 N–H and O–H groups in total. The van der Waals surface area contributed by atoms with E-state index in [2.05, 4.69) is 56.1 Å². The van der Waals surface area contributed by atoms with Gasteiger partial charge in [0.2, 0.25) is 0 Å². The van der Waals surface area contributed by atoms with Crippen molar-refractivity contribution in [3.8, 4) is 0 Å². The fraction of sp³-hybridized carbons (Fsp3) is 0.731. The molecule has 1 unspecified atom stereocenters. The summed E-state index contributed by atoms with van der Waals surface area (Å²) in [6.07, 6.45) is 6.96. The van der Waals surface area contributed by atoms with Crippen molar-refractivity contribution in [3.63, 3.8) is 0 Å². The summed E-state index contributed by atoms with van der Waals surface area (Å²) >= 11 is 0. The second-order valence-corrected chi connectivity index (χ2v) is 11.3. The van der Waals surface area contributed by atoms with Crippen molar-refractivity contribution in [1.82, 2.24) is 5.32 Å². The zero-order valence-electron chi connectivity index (χ0n) is 21.1. The highest BCUT2D eigenvalue weighted by Crippen LogP contribution is 2.66. The molecule has 6 atom stereocenters. The number of nitrogens with one attached hydrogen (secondary N) is 1. The van der Waals surface area contributed by atoms with Crippen LogP contribution >= 0.6 is 0 Å². The van der Waals surface area contributed by atoms with E-state index in [1.807, 2.05) is 6.07 Å². The Kier molecular flexibility index (Phi) is 9.13. The second kappa shape index (κ2) is 11.3. The van der Waals surface area contributed by atoms with Crippen molar-refractivity contribution in [1.29, 1.82) is 0 Å². The molecule has 6 nitrogen and oxygen atoms in total. The van der Waals surface area contributed by atoms with Gasteiger partial charge in [0.1, 0.15) is 0 Å². The lowest BCUT2D eigenvalue weighted by atomic mass is 9.43. The van der Waals surface area contributed by atoms with Crippen molar-refractivity contribution < 1.29 is 32.2 Å². The zero-order valence-corrected chi connectivity index (χ0v) is 21.9. The van der Waals surface area contributed by atoms with Crippen LogP contribution < -0.4 is 29.2 Å². The van der Waals surface area contributed by atoms with Crippen LogP contribution in [-0.2, 0) is 20.5 Å². The van der Waals surface area contributed by atoms with E-state index in [0.29, 0.717) is 24.4 Å². The highest BCUT2D eigenvalue weighted by molar-refractivity contribution is 6.47. The first-order chi connectivity index (χ1) is 15.8. The van der Waals surface area contributed by atoms with Gasteiger partial charge >= 0.3 is 7.12 Å². The van der Waals surface area contributed by atoms with Crippen molar-refractivity contribution in [2.45, 2.75) is 89.3 Å². The van der Waals surface area contributed by atoms with E-state index < -0.39 is 0 Å². The van der Waals surface area contributed by atoms with Crippen LogP contribution in [0.2, 0.25) is 5.82 Å². The molecular formula is C26H43BClN3O3. The largest absolute Gasteiger partial charge is 1.00 e. The summed E-state index contributed by atoms with van der Waals surface area (Å²) in [4.78, 5) is 12.7. The maximum atomic E-state index is 12.7. The van der Waals surface area contributed by atoms with Gasteiger partial charge in [-0.1, -0.05) is 44.2 Å². The summed E-state index contributed by atoms with van der Waals surface area (Å²) < 4.78 is 13.3. The standard InChI is InChI=1S/C26H42BN3O3.ClH/c1-25(2)19-15-22(25)26(3)23(16-19)32-27(33-26)20(13-12-18-9-5-4-6-10-18)17-30-24(31)21(29)11-7-8-14-28;/h4-6,9-10,19-23H,7-8,11-17,28-29H2,1-3H3,(H,30,31);1H/t19-,20?,21-,22-,23+,26-;/m1./s1. The maximum Gasteiger partial charge on any atom is 0.462 e. The summed E-state index contributed by atoms with van der Waals surface area (Å²) in [7, 11) is -0.278. The molecule has 4 fully saturated rings. The highest BCUT2D eigenvalue weighted by atomic mass is 35.5. The Balaban J connectivity index is 0.00000324. The summed E-state index contributed by atoms with van der Waals surface area (Å²) in [5.41, 5.74) is 11.0. The molecule has 34 heavy (non-hydrogen) atoms. The van der Waals surface area contributed by atoms with E-state index in [1.54, 1.807) is 0 Å². The van der Waals surface area contributed by atoms with E-state index in [-0.39, 0.29) is 49.0 Å². The van der Waals surface area contributed by atoms with Gasteiger partial charge < -0.3 is 38.5 Å². The van der Waals surface area contributed by atoms with Crippen molar-refractivity contribution >= 4 is 13.0 Å². The van der Waals surface area contributed by atoms with Gasteiger partial charge in [-0.2, -0.15) is 0 Å². The number of hydrogen-bond acceptors (Lipinski definition) is 4. The number of unbranched alkanes of at least 4 members (excludes halogenated alkanes) is 1. The number of halogens is 1. The van der Waals surface area contributed by atoms with Gasteiger partial charge in [-0.15, -0.1) is 0 Å². The first kappa shape index (κ1) is 27.5. The molecule has 1 aromatic rings. The molecule has 1 aromatic carbocycles. The van der Waals surface area contributed by atoms with Crippen molar-refractivity contribution in [2.75, 3.05) is 13.1 Å². The molecule has 1 saturated heterocycles. The monoisotopic (exact) mass is 491 g/mol. The molecule has 190 valence electrons. The third kappa shape index (κ3) is 5.49. The van der Waals surface area contributed by atoms with Crippen LogP contribution in [0.5, 0.6) is 0 Å². The van der Waals surface area contributed by atoms with Crippen LogP contribution in [0.15, 0.2) is 30.3 Å². The average Bonchev–Trinajstić information content (AvgIpc) is 3.16. The molecule has 2 bridgehead atoms. The third-order valence-corrected chi connectivity index (χ3v) is 8.92. The van der Waals surface area contributed by atoms with Gasteiger partial charge in [-0.3, -0.25) is 4.79 Å². The molecule has 0 aromatic heterocycles. The summed E-state index contributed by atoms with van der Waals surface area (Å²) in [5.74, 6) is 1.38. The topological polar surface area (TPSA) is 101 Å². The van der Waals surface area contributed by atoms with Gasteiger partial charge in [0.25, 0.3) is 5.91 Å². The number of carbonyl (C=O) groups excluding carboxylic acids is 1. The normalized spacial score (nSPS) is 30.5. The molecule has 5 rings (SSSR count). The Bertz CT molecular complexity index is 814. The maximum absolute atomic E-state index is 12.7. The number of benzene rings is 1. The van der Waals surface area contributed by atoms with E-state index in [9.17, 15) is 4.79 Å². The van der Waals surface area contributed by atoms with Gasteiger partial charge in [-0.05, 0) is 74.8 Å². The van der Waals surface area contributed by atoms with Crippen LogP contribution in [0.4, 0.5) is 0 Å². The molecule has 4 aliphatic rings. The highest BCUT2D eigenvalue weighted by Gasteiger charge is 2.68. The summed E-state index contributed by atoms with van der Waals surface area (Å²) in [6, 6.07) is 10.3. The number of nitrogens with two attached hydrogens (primary N) is 1. The second-order valence-electron chi connectivity index (χ2n) is 11.3. The Labute approximate surface area is 211 Å².